The minimum absolute atomic E-state index is 0.0464. The van der Waals surface area contributed by atoms with Gasteiger partial charge in [0.2, 0.25) is 5.91 Å². The lowest BCUT2D eigenvalue weighted by atomic mass is 9.89. The largest absolute Gasteiger partial charge is 0.393 e. The number of piperidine rings is 1. The Kier molecular flexibility index (Phi) is 5.34. The first kappa shape index (κ1) is 16.5. The van der Waals surface area contributed by atoms with Gasteiger partial charge in [-0.25, -0.2) is 0 Å². The second kappa shape index (κ2) is 7.45. The molecule has 3 rings (SSSR count). The van der Waals surface area contributed by atoms with Gasteiger partial charge in [-0.1, -0.05) is 18.2 Å². The number of amides is 1. The summed E-state index contributed by atoms with van der Waals surface area (Å²) in [6.07, 6.45) is 6.28. The van der Waals surface area contributed by atoms with E-state index >= 15 is 0 Å². The van der Waals surface area contributed by atoms with E-state index in [1.165, 1.54) is 42.4 Å². The number of carbonyl (C=O) groups is 1. The Labute approximate surface area is 138 Å². The molecule has 2 N–H and O–H groups in total. The molecule has 0 radical (unpaired) electrons. The van der Waals surface area contributed by atoms with E-state index in [2.05, 4.69) is 35.3 Å². The van der Waals surface area contributed by atoms with Crippen LogP contribution in [0.3, 0.4) is 0 Å². The summed E-state index contributed by atoms with van der Waals surface area (Å²) >= 11 is 0. The average Bonchev–Trinajstić information content (AvgIpc) is 2.56. The molecule has 126 valence electrons. The Morgan fingerprint density at radius 3 is 2.70 bits per heavy atom. The molecule has 1 aromatic rings. The maximum atomic E-state index is 12.3. The lowest BCUT2D eigenvalue weighted by molar-refractivity contribution is -0.123. The van der Waals surface area contributed by atoms with Crippen LogP contribution in [-0.2, 0) is 17.6 Å². The Bertz CT molecular complexity index is 550. The summed E-state index contributed by atoms with van der Waals surface area (Å²) in [7, 11) is 0. The molecule has 1 saturated heterocycles. The third kappa shape index (κ3) is 4.33. The number of likely N-dealkylation sites (tertiary alicyclic amines) is 1. The van der Waals surface area contributed by atoms with E-state index in [1.807, 2.05) is 0 Å². The van der Waals surface area contributed by atoms with Crippen LogP contribution in [0.5, 0.6) is 0 Å². The van der Waals surface area contributed by atoms with Crippen LogP contribution in [0.2, 0.25) is 0 Å². The highest BCUT2D eigenvalue weighted by atomic mass is 16.3. The Balaban J connectivity index is 1.54. The highest BCUT2D eigenvalue weighted by Crippen LogP contribution is 2.24. The Morgan fingerprint density at radius 1 is 1.26 bits per heavy atom. The molecule has 1 aromatic carbocycles. The van der Waals surface area contributed by atoms with Crippen molar-refractivity contribution in [2.75, 3.05) is 19.6 Å². The fourth-order valence-corrected chi connectivity index (χ4v) is 3.67. The summed E-state index contributed by atoms with van der Waals surface area (Å²) in [6.45, 7) is 4.11. The summed E-state index contributed by atoms with van der Waals surface area (Å²) in [4.78, 5) is 14.4. The zero-order valence-corrected chi connectivity index (χ0v) is 14.1. The molecule has 1 heterocycles. The maximum absolute atomic E-state index is 12.3. The van der Waals surface area contributed by atoms with E-state index in [9.17, 15) is 9.90 Å². The predicted octanol–water partition coefficient (Wildman–Crippen LogP) is 2.20. The van der Waals surface area contributed by atoms with E-state index in [4.69, 9.17) is 0 Å². The van der Waals surface area contributed by atoms with Crippen LogP contribution in [0.15, 0.2) is 18.2 Å². The number of nitrogens with one attached hydrogen (secondary N) is 1. The molecule has 1 aliphatic heterocycles. The van der Waals surface area contributed by atoms with Crippen molar-refractivity contribution in [1.29, 1.82) is 0 Å². The molecule has 1 atom stereocenters. The average molecular weight is 316 g/mol. The predicted molar refractivity (Wildman–Crippen MR) is 91.3 cm³/mol. The zero-order chi connectivity index (χ0) is 16.2. The number of rotatable bonds is 4. The van der Waals surface area contributed by atoms with Gasteiger partial charge in [0.25, 0.3) is 0 Å². The fraction of sp³-hybridized carbons (Fsp3) is 0.632. The van der Waals surface area contributed by atoms with Crippen LogP contribution < -0.4 is 5.32 Å². The van der Waals surface area contributed by atoms with E-state index in [0.717, 1.165) is 25.9 Å². The van der Waals surface area contributed by atoms with E-state index in [0.29, 0.717) is 6.54 Å². The summed E-state index contributed by atoms with van der Waals surface area (Å²) < 4.78 is 0. The first-order chi connectivity index (χ1) is 11.1. The van der Waals surface area contributed by atoms with Crippen molar-refractivity contribution < 1.29 is 9.90 Å². The molecule has 0 bridgehead atoms. The third-order valence-corrected chi connectivity index (χ3v) is 5.17. The maximum Gasteiger partial charge on any atom is 0.234 e. The minimum Gasteiger partial charge on any atom is -0.393 e. The molecule has 1 aliphatic carbocycles. The smallest absolute Gasteiger partial charge is 0.234 e. The second-order valence-corrected chi connectivity index (χ2v) is 7.03. The van der Waals surface area contributed by atoms with Gasteiger partial charge in [-0.05, 0) is 62.1 Å². The number of fused-ring (bicyclic) bond motifs is 1. The van der Waals surface area contributed by atoms with Crippen molar-refractivity contribution in [3.8, 4) is 0 Å². The standard InChI is InChI=1S/C19H28N2O2/c1-14(16-7-6-15-4-2-3-5-17(15)12-16)20-19(23)13-21-10-8-18(22)9-11-21/h6-7,12,14,18,22H,2-5,8-11,13H2,1H3,(H,20,23). The number of carbonyl (C=O) groups excluding carboxylic acids is 1. The van der Waals surface area contributed by atoms with Gasteiger partial charge in [0.1, 0.15) is 0 Å². The minimum atomic E-state index is -0.191. The molecule has 4 heteroatoms. The van der Waals surface area contributed by atoms with Gasteiger partial charge in [0.15, 0.2) is 0 Å². The molecule has 23 heavy (non-hydrogen) atoms. The first-order valence-corrected chi connectivity index (χ1v) is 8.93. The van der Waals surface area contributed by atoms with Crippen LogP contribution in [0.1, 0.15) is 55.3 Å². The van der Waals surface area contributed by atoms with Gasteiger partial charge in [-0.3, -0.25) is 9.69 Å². The van der Waals surface area contributed by atoms with E-state index in [1.54, 1.807) is 0 Å². The van der Waals surface area contributed by atoms with E-state index < -0.39 is 0 Å². The van der Waals surface area contributed by atoms with Gasteiger partial charge in [0, 0.05) is 13.1 Å². The number of hydrogen-bond donors (Lipinski definition) is 2. The number of nitrogens with zero attached hydrogens (tertiary/aromatic N) is 1. The number of aryl methyl sites for hydroxylation is 2. The summed E-state index contributed by atoms with van der Waals surface area (Å²) in [5.41, 5.74) is 4.14. The van der Waals surface area contributed by atoms with Gasteiger partial charge in [-0.15, -0.1) is 0 Å². The summed E-state index contributed by atoms with van der Waals surface area (Å²) in [6, 6.07) is 6.71. The molecule has 4 nitrogen and oxygen atoms in total. The number of aliphatic hydroxyl groups is 1. The van der Waals surface area contributed by atoms with Crippen molar-refractivity contribution in [3.63, 3.8) is 0 Å². The molecule has 1 unspecified atom stereocenters. The van der Waals surface area contributed by atoms with Gasteiger partial charge >= 0.3 is 0 Å². The molecular formula is C19H28N2O2. The molecule has 1 fully saturated rings. The van der Waals surface area contributed by atoms with Gasteiger partial charge in [-0.2, -0.15) is 0 Å². The monoisotopic (exact) mass is 316 g/mol. The van der Waals surface area contributed by atoms with Crippen LogP contribution in [0, 0.1) is 0 Å². The van der Waals surface area contributed by atoms with Crippen molar-refractivity contribution in [3.05, 3.63) is 34.9 Å². The Morgan fingerprint density at radius 2 is 1.96 bits per heavy atom. The molecule has 0 saturated carbocycles. The molecule has 0 aromatic heterocycles. The van der Waals surface area contributed by atoms with Crippen LogP contribution in [0.4, 0.5) is 0 Å². The molecule has 1 amide bonds. The lowest BCUT2D eigenvalue weighted by Crippen LogP contribution is -2.43. The van der Waals surface area contributed by atoms with Crippen molar-refractivity contribution in [2.45, 2.75) is 57.6 Å². The SMILES string of the molecule is CC(NC(=O)CN1CCC(O)CC1)c1ccc2c(c1)CCCC2. The fourth-order valence-electron chi connectivity index (χ4n) is 3.67. The number of benzene rings is 1. The third-order valence-electron chi connectivity index (χ3n) is 5.17. The Hall–Kier alpha value is -1.39. The lowest BCUT2D eigenvalue weighted by Gasteiger charge is -2.29. The second-order valence-electron chi connectivity index (χ2n) is 7.03. The first-order valence-electron chi connectivity index (χ1n) is 8.93. The van der Waals surface area contributed by atoms with Crippen LogP contribution >= 0.6 is 0 Å². The van der Waals surface area contributed by atoms with E-state index in [-0.39, 0.29) is 18.1 Å². The van der Waals surface area contributed by atoms with Crippen LogP contribution in [-0.4, -0.2) is 41.7 Å². The van der Waals surface area contributed by atoms with Crippen molar-refractivity contribution >= 4 is 5.91 Å². The van der Waals surface area contributed by atoms with Gasteiger partial charge in [0.05, 0.1) is 18.7 Å². The topological polar surface area (TPSA) is 52.6 Å². The number of hydrogen-bond acceptors (Lipinski definition) is 3. The molecular weight excluding hydrogens is 288 g/mol. The quantitative estimate of drug-likeness (QED) is 0.895. The van der Waals surface area contributed by atoms with Crippen LogP contribution in [0.25, 0.3) is 0 Å². The van der Waals surface area contributed by atoms with Crippen molar-refractivity contribution in [1.82, 2.24) is 10.2 Å². The molecule has 0 spiro atoms. The highest BCUT2D eigenvalue weighted by Gasteiger charge is 2.20. The molecule has 2 aliphatic rings. The normalized spacial score (nSPS) is 20.8. The van der Waals surface area contributed by atoms with Crippen molar-refractivity contribution in [2.24, 2.45) is 0 Å². The summed E-state index contributed by atoms with van der Waals surface area (Å²) in [5.74, 6) is 0.0756. The highest BCUT2D eigenvalue weighted by molar-refractivity contribution is 5.78. The zero-order valence-electron chi connectivity index (χ0n) is 14.1. The summed E-state index contributed by atoms with van der Waals surface area (Å²) in [5, 5.41) is 12.6. The van der Waals surface area contributed by atoms with Gasteiger partial charge < -0.3 is 10.4 Å². The number of aliphatic hydroxyl groups excluding tert-OH is 1.